The quantitative estimate of drug-likeness (QED) is 0.131. The molecule has 2 atom stereocenters. The number of thiazole rings is 1. The molecule has 2 aromatic heterocycles. The maximum Gasteiger partial charge on any atom is 0.325 e. The molecule has 0 spiro atoms. The van der Waals surface area contributed by atoms with Crippen LogP contribution >= 0.6 is 11.3 Å². The third-order valence-electron chi connectivity index (χ3n) is 7.62. The van der Waals surface area contributed by atoms with Crippen LogP contribution in [0.2, 0.25) is 0 Å². The lowest BCUT2D eigenvalue weighted by molar-refractivity contribution is -0.689. The fourth-order valence-corrected chi connectivity index (χ4v) is 6.24. The van der Waals surface area contributed by atoms with Gasteiger partial charge in [0, 0.05) is 33.6 Å². The number of aromatic nitrogens is 4. The van der Waals surface area contributed by atoms with Gasteiger partial charge in [0.2, 0.25) is 6.33 Å². The lowest BCUT2D eigenvalue weighted by Gasteiger charge is -2.32. The Balaban J connectivity index is 1.43. The number of nitriles is 1. The zero-order valence-corrected chi connectivity index (χ0v) is 25.7. The van der Waals surface area contributed by atoms with E-state index in [0.29, 0.717) is 28.6 Å². The number of aliphatic hydroxyl groups is 1. The molecule has 5 aromatic rings. The number of halogens is 2. The molecule has 9 nitrogen and oxygen atoms in total. The number of carbonyl (C=O) groups excluding carboxylic acids is 1. The summed E-state index contributed by atoms with van der Waals surface area (Å²) in [6.07, 6.45) is 3.28. The van der Waals surface area contributed by atoms with E-state index >= 15 is 4.39 Å². The fraction of sp³-hybridized carbons (Fsp3) is 0.242. The number of hydrogen-bond acceptors (Lipinski definition) is 8. The highest BCUT2D eigenvalue weighted by Gasteiger charge is 2.43. The van der Waals surface area contributed by atoms with Crippen molar-refractivity contribution in [1.82, 2.24) is 14.8 Å². The van der Waals surface area contributed by atoms with Crippen molar-refractivity contribution in [3.63, 3.8) is 0 Å². The van der Waals surface area contributed by atoms with Crippen LogP contribution in [-0.2, 0) is 23.5 Å². The summed E-state index contributed by atoms with van der Waals surface area (Å²) in [5.74, 6) is -2.40. The number of ether oxygens (including phenoxy) is 1. The lowest BCUT2D eigenvalue weighted by Crippen LogP contribution is -2.39. The highest BCUT2D eigenvalue weighted by Crippen LogP contribution is 2.41. The zero-order valence-electron chi connectivity index (χ0n) is 24.9. The van der Waals surface area contributed by atoms with Crippen LogP contribution in [0.5, 0.6) is 5.75 Å². The van der Waals surface area contributed by atoms with Gasteiger partial charge in [0.1, 0.15) is 29.5 Å². The van der Waals surface area contributed by atoms with Crippen LogP contribution in [0.1, 0.15) is 45.7 Å². The number of rotatable bonds is 10. The number of hydrogen-bond donors (Lipinski definition) is 2. The molecule has 0 fully saturated rings. The van der Waals surface area contributed by atoms with Gasteiger partial charge < -0.3 is 15.6 Å². The van der Waals surface area contributed by atoms with Gasteiger partial charge >= 0.3 is 5.97 Å². The molecule has 0 radical (unpaired) electrons. The Labute approximate surface area is 262 Å². The monoisotopic (exact) mass is 629 g/mol. The van der Waals surface area contributed by atoms with E-state index in [1.54, 1.807) is 48.4 Å². The summed E-state index contributed by atoms with van der Waals surface area (Å²) in [6.45, 7) is 5.48. The van der Waals surface area contributed by atoms with Crippen LogP contribution in [-0.4, -0.2) is 32.4 Å². The largest absolute Gasteiger partial charge is 0.425 e. The topological polar surface area (TPSA) is 131 Å². The smallest absolute Gasteiger partial charge is 0.325 e. The number of benzene rings is 3. The second kappa shape index (κ2) is 13.0. The average Bonchev–Trinajstić information content (AvgIpc) is 3.68. The van der Waals surface area contributed by atoms with Gasteiger partial charge in [-0.1, -0.05) is 25.1 Å². The van der Waals surface area contributed by atoms with Gasteiger partial charge in [0.15, 0.2) is 0 Å². The maximum atomic E-state index is 15.3. The van der Waals surface area contributed by atoms with E-state index in [0.717, 1.165) is 34.4 Å². The van der Waals surface area contributed by atoms with Crippen molar-refractivity contribution in [2.24, 2.45) is 5.73 Å². The summed E-state index contributed by atoms with van der Waals surface area (Å²) in [6, 6.07) is 16.0. The molecule has 3 N–H and O–H groups in total. The van der Waals surface area contributed by atoms with E-state index in [1.807, 2.05) is 31.4 Å². The highest BCUT2D eigenvalue weighted by molar-refractivity contribution is 7.10. The average molecular weight is 630 g/mol. The van der Waals surface area contributed by atoms with Gasteiger partial charge in [-0.3, -0.25) is 4.79 Å². The van der Waals surface area contributed by atoms with Crippen molar-refractivity contribution in [3.05, 3.63) is 117 Å². The molecule has 0 aliphatic rings. The van der Waals surface area contributed by atoms with E-state index in [-0.39, 0.29) is 18.7 Å². The summed E-state index contributed by atoms with van der Waals surface area (Å²) in [5, 5.41) is 28.1. The van der Waals surface area contributed by atoms with Crippen molar-refractivity contribution >= 4 is 17.3 Å². The number of aryl methyl sites for hydroxylation is 2. The fourth-order valence-electron chi connectivity index (χ4n) is 5.27. The van der Waals surface area contributed by atoms with E-state index in [2.05, 4.69) is 11.2 Å². The van der Waals surface area contributed by atoms with Crippen molar-refractivity contribution in [1.29, 1.82) is 5.26 Å². The molecular weight excluding hydrogens is 598 g/mol. The Morgan fingerprint density at radius 3 is 2.53 bits per heavy atom. The first kappa shape index (κ1) is 31.6. The first-order chi connectivity index (χ1) is 21.5. The van der Waals surface area contributed by atoms with Crippen LogP contribution in [0.4, 0.5) is 8.78 Å². The molecular formula is C33H31F2N6O3S+. The Kier molecular flexibility index (Phi) is 9.15. The maximum absolute atomic E-state index is 15.3. The molecule has 0 aliphatic carbocycles. The van der Waals surface area contributed by atoms with E-state index in [4.69, 9.17) is 20.7 Å². The summed E-state index contributed by atoms with van der Waals surface area (Å²) in [5.41, 5.74) is 7.89. The first-order valence-corrected chi connectivity index (χ1v) is 14.9. The molecule has 45 heavy (non-hydrogen) atoms. The molecule has 0 amide bonds. The minimum Gasteiger partial charge on any atom is -0.425 e. The molecule has 2 heterocycles. The SMILES string of the molecule is Cc1cc(C[n+]2cnn(CC(O)(c3ccc(F)cc3F)C(C)c3nc(-c4ccc(C#N)cc4)cs3)c2)cc(C)c1OC(=O)CN. The van der Waals surface area contributed by atoms with Crippen molar-refractivity contribution in [2.75, 3.05) is 6.54 Å². The molecule has 0 bridgehead atoms. The summed E-state index contributed by atoms with van der Waals surface area (Å²) in [7, 11) is 0. The first-order valence-electron chi connectivity index (χ1n) is 14.1. The summed E-state index contributed by atoms with van der Waals surface area (Å²) in [4.78, 5) is 16.4. The predicted octanol–water partition coefficient (Wildman–Crippen LogP) is 4.66. The number of nitrogens with zero attached hydrogens (tertiary/aromatic N) is 5. The second-order valence-corrected chi connectivity index (χ2v) is 11.8. The third kappa shape index (κ3) is 6.81. The molecule has 3 aromatic carbocycles. The van der Waals surface area contributed by atoms with Crippen molar-refractivity contribution in [3.8, 4) is 23.1 Å². The third-order valence-corrected chi connectivity index (χ3v) is 8.64. The molecule has 0 saturated carbocycles. The van der Waals surface area contributed by atoms with Crippen LogP contribution in [0.25, 0.3) is 11.3 Å². The van der Waals surface area contributed by atoms with E-state index in [9.17, 15) is 14.3 Å². The van der Waals surface area contributed by atoms with E-state index < -0.39 is 29.1 Å². The van der Waals surface area contributed by atoms with E-state index in [1.165, 1.54) is 22.1 Å². The van der Waals surface area contributed by atoms with Gasteiger partial charge in [0.05, 0.1) is 35.4 Å². The zero-order chi connectivity index (χ0) is 32.3. The number of esters is 1. The molecule has 0 aliphatic heterocycles. The van der Waals surface area contributed by atoms with Gasteiger partial charge in [-0.15, -0.1) is 16.0 Å². The summed E-state index contributed by atoms with van der Waals surface area (Å²) >= 11 is 1.31. The number of nitrogens with two attached hydrogens (primary N) is 1. The highest BCUT2D eigenvalue weighted by atomic mass is 32.1. The molecule has 230 valence electrons. The van der Waals surface area contributed by atoms with Gasteiger partial charge in [0.25, 0.3) is 6.33 Å². The molecule has 0 saturated heterocycles. The number of carbonyl (C=O) groups is 1. The Morgan fingerprint density at radius 1 is 1.18 bits per heavy atom. The minimum atomic E-state index is -1.86. The van der Waals surface area contributed by atoms with Crippen molar-refractivity contribution in [2.45, 2.75) is 45.4 Å². The van der Waals surface area contributed by atoms with Crippen LogP contribution in [0.3, 0.4) is 0 Å². The van der Waals surface area contributed by atoms with Crippen LogP contribution in [0, 0.1) is 36.8 Å². The molecule has 12 heteroatoms. The molecule has 5 rings (SSSR count). The predicted molar refractivity (Wildman–Crippen MR) is 163 cm³/mol. The van der Waals surface area contributed by atoms with Crippen molar-refractivity contribution < 1.29 is 28.0 Å². The van der Waals surface area contributed by atoms with Crippen LogP contribution in [0.15, 0.2) is 72.6 Å². The minimum absolute atomic E-state index is 0.0811. The van der Waals surface area contributed by atoms with Crippen LogP contribution < -0.4 is 15.0 Å². The Morgan fingerprint density at radius 2 is 1.89 bits per heavy atom. The lowest BCUT2D eigenvalue weighted by atomic mass is 9.82. The molecule has 2 unspecified atom stereocenters. The van der Waals surface area contributed by atoms with Gasteiger partial charge in [-0.25, -0.2) is 18.3 Å². The van der Waals surface area contributed by atoms with Gasteiger partial charge in [-0.2, -0.15) is 5.26 Å². The normalized spacial score (nSPS) is 13.2. The summed E-state index contributed by atoms with van der Waals surface area (Å²) < 4.78 is 37.8. The standard InChI is InChI=1S/C33H31F2N6O3S/c1-20-10-24(11-21(2)31(20)44-30(42)14-37)15-40-18-38-41(19-40)17-33(43,27-9-8-26(34)12-28(27)35)22(3)32-39-29(16-45-32)25-6-4-23(13-36)5-7-25/h4-12,16,18-19,22,43H,14-15,17,37H2,1-3H3/q+1. The second-order valence-electron chi connectivity index (χ2n) is 10.9. The Hall–Kier alpha value is -4.83. The Bertz CT molecular complexity index is 1880. The van der Waals surface area contributed by atoms with Gasteiger partial charge in [-0.05, 0) is 60.9 Å².